The molecule has 0 aliphatic carbocycles. The summed E-state index contributed by atoms with van der Waals surface area (Å²) in [4.78, 5) is 28.7. The summed E-state index contributed by atoms with van der Waals surface area (Å²) >= 11 is 0. The molecule has 26 heavy (non-hydrogen) atoms. The highest BCUT2D eigenvalue weighted by Gasteiger charge is 2.21. The van der Waals surface area contributed by atoms with Crippen LogP contribution in [0.2, 0.25) is 0 Å². The van der Waals surface area contributed by atoms with Crippen LogP contribution in [-0.2, 0) is 16.1 Å². The molecule has 5 heteroatoms. The van der Waals surface area contributed by atoms with Gasteiger partial charge in [0.2, 0.25) is 0 Å². The maximum Gasteiger partial charge on any atom is 0.310 e. The molecular weight excluding hydrogens is 326 g/mol. The summed E-state index contributed by atoms with van der Waals surface area (Å²) in [5.74, 6) is -1.37. The van der Waals surface area contributed by atoms with Gasteiger partial charge < -0.3 is 10.6 Å². The Morgan fingerprint density at radius 2 is 1.35 bits per heavy atom. The minimum Gasteiger partial charge on any atom is -0.342 e. The van der Waals surface area contributed by atoms with E-state index in [4.69, 9.17) is 0 Å². The van der Waals surface area contributed by atoms with Gasteiger partial charge in [0, 0.05) is 6.20 Å². The van der Waals surface area contributed by atoms with Gasteiger partial charge in [-0.1, -0.05) is 66.7 Å². The SMILES string of the molecule is O=C(NCc1ccccn1)C(=O)NC(c1ccccc1)c1ccccc1. The van der Waals surface area contributed by atoms with Crippen molar-refractivity contribution in [3.63, 3.8) is 0 Å². The van der Waals surface area contributed by atoms with E-state index in [0.717, 1.165) is 11.1 Å². The van der Waals surface area contributed by atoms with Crippen molar-refractivity contribution in [2.45, 2.75) is 12.6 Å². The van der Waals surface area contributed by atoms with E-state index in [2.05, 4.69) is 15.6 Å². The van der Waals surface area contributed by atoms with Crippen molar-refractivity contribution in [3.8, 4) is 0 Å². The molecule has 2 N–H and O–H groups in total. The number of nitrogens with zero attached hydrogens (tertiary/aromatic N) is 1. The lowest BCUT2D eigenvalue weighted by atomic mass is 9.99. The lowest BCUT2D eigenvalue weighted by Gasteiger charge is -2.19. The Morgan fingerprint density at radius 1 is 0.769 bits per heavy atom. The number of carbonyl (C=O) groups excluding carboxylic acids is 2. The van der Waals surface area contributed by atoms with E-state index >= 15 is 0 Å². The monoisotopic (exact) mass is 345 g/mol. The van der Waals surface area contributed by atoms with Crippen LogP contribution in [0.15, 0.2) is 85.1 Å². The summed E-state index contributed by atoms with van der Waals surface area (Å²) in [6.07, 6.45) is 1.64. The lowest BCUT2D eigenvalue weighted by molar-refractivity contribution is -0.139. The summed E-state index contributed by atoms with van der Waals surface area (Å²) < 4.78 is 0. The summed E-state index contributed by atoms with van der Waals surface area (Å²) in [6.45, 7) is 0.203. The first-order chi connectivity index (χ1) is 12.7. The fraction of sp³-hybridized carbons (Fsp3) is 0.0952. The highest BCUT2D eigenvalue weighted by atomic mass is 16.2. The lowest BCUT2D eigenvalue weighted by Crippen LogP contribution is -2.41. The molecule has 0 spiro atoms. The Hall–Kier alpha value is -3.47. The Balaban J connectivity index is 1.70. The first-order valence-electron chi connectivity index (χ1n) is 8.32. The quantitative estimate of drug-likeness (QED) is 0.698. The number of nitrogens with one attached hydrogen (secondary N) is 2. The van der Waals surface area contributed by atoms with E-state index in [0.29, 0.717) is 5.69 Å². The molecule has 1 heterocycles. The average molecular weight is 345 g/mol. The normalized spacial score (nSPS) is 10.3. The molecule has 3 rings (SSSR count). The smallest absolute Gasteiger partial charge is 0.310 e. The second kappa shape index (κ2) is 8.58. The van der Waals surface area contributed by atoms with Gasteiger partial charge in [-0.3, -0.25) is 14.6 Å². The van der Waals surface area contributed by atoms with Gasteiger partial charge in [-0.25, -0.2) is 0 Å². The van der Waals surface area contributed by atoms with E-state index in [-0.39, 0.29) is 6.54 Å². The van der Waals surface area contributed by atoms with E-state index in [1.54, 1.807) is 18.3 Å². The van der Waals surface area contributed by atoms with E-state index in [1.165, 1.54) is 0 Å². The molecule has 0 saturated heterocycles. The fourth-order valence-corrected chi connectivity index (χ4v) is 2.60. The van der Waals surface area contributed by atoms with Crippen molar-refractivity contribution in [3.05, 3.63) is 102 Å². The Kier molecular flexibility index (Phi) is 5.72. The van der Waals surface area contributed by atoms with E-state index < -0.39 is 17.9 Å². The van der Waals surface area contributed by atoms with Crippen molar-refractivity contribution < 1.29 is 9.59 Å². The van der Waals surface area contributed by atoms with Gasteiger partial charge >= 0.3 is 11.8 Å². The number of benzene rings is 2. The molecule has 2 amide bonds. The number of hydrogen-bond donors (Lipinski definition) is 2. The molecule has 0 radical (unpaired) electrons. The van der Waals surface area contributed by atoms with E-state index in [9.17, 15) is 9.59 Å². The molecule has 1 aromatic heterocycles. The van der Waals surface area contributed by atoms with Crippen LogP contribution < -0.4 is 10.6 Å². The average Bonchev–Trinajstić information content (AvgIpc) is 2.72. The predicted molar refractivity (Wildman–Crippen MR) is 99.0 cm³/mol. The zero-order valence-corrected chi connectivity index (χ0v) is 14.1. The van der Waals surface area contributed by atoms with Crippen LogP contribution in [0.4, 0.5) is 0 Å². The van der Waals surface area contributed by atoms with Crippen LogP contribution >= 0.6 is 0 Å². The maximum absolute atomic E-state index is 12.4. The molecule has 130 valence electrons. The zero-order valence-electron chi connectivity index (χ0n) is 14.1. The minimum absolute atomic E-state index is 0.203. The van der Waals surface area contributed by atoms with Crippen molar-refractivity contribution in [2.24, 2.45) is 0 Å². The topological polar surface area (TPSA) is 71.1 Å². The predicted octanol–water partition coefficient (Wildman–Crippen LogP) is 2.60. The largest absolute Gasteiger partial charge is 0.342 e. The molecule has 2 aromatic carbocycles. The van der Waals surface area contributed by atoms with Crippen LogP contribution in [0, 0.1) is 0 Å². The Labute approximate surface area is 152 Å². The van der Waals surface area contributed by atoms with Gasteiger partial charge in [-0.2, -0.15) is 0 Å². The minimum atomic E-state index is -0.687. The number of aromatic nitrogens is 1. The Bertz CT molecular complexity index is 813. The second-order valence-corrected chi connectivity index (χ2v) is 5.73. The third-order valence-corrected chi connectivity index (χ3v) is 3.90. The molecule has 0 aliphatic heterocycles. The van der Waals surface area contributed by atoms with Crippen LogP contribution in [0.25, 0.3) is 0 Å². The zero-order chi connectivity index (χ0) is 18.2. The van der Waals surface area contributed by atoms with Gasteiger partial charge in [-0.05, 0) is 23.3 Å². The van der Waals surface area contributed by atoms with E-state index in [1.807, 2.05) is 66.7 Å². The summed E-state index contributed by atoms with van der Waals surface area (Å²) in [5, 5.41) is 5.41. The molecule has 0 unspecified atom stereocenters. The highest BCUT2D eigenvalue weighted by molar-refractivity contribution is 6.35. The number of pyridine rings is 1. The molecule has 0 fully saturated rings. The van der Waals surface area contributed by atoms with Crippen molar-refractivity contribution in [1.82, 2.24) is 15.6 Å². The summed E-state index contributed by atoms with van der Waals surface area (Å²) in [5.41, 5.74) is 2.51. The number of amides is 2. The molecule has 0 aliphatic rings. The van der Waals surface area contributed by atoms with Crippen LogP contribution in [-0.4, -0.2) is 16.8 Å². The van der Waals surface area contributed by atoms with Crippen molar-refractivity contribution >= 4 is 11.8 Å². The third kappa shape index (κ3) is 4.54. The molecule has 3 aromatic rings. The maximum atomic E-state index is 12.4. The summed E-state index contributed by atoms with van der Waals surface area (Å²) in [6, 6.07) is 24.1. The second-order valence-electron chi connectivity index (χ2n) is 5.73. The van der Waals surface area contributed by atoms with Gasteiger partial charge in [0.25, 0.3) is 0 Å². The fourth-order valence-electron chi connectivity index (χ4n) is 2.60. The third-order valence-electron chi connectivity index (χ3n) is 3.90. The van der Waals surface area contributed by atoms with Gasteiger partial charge in [0.1, 0.15) is 0 Å². The molecule has 5 nitrogen and oxygen atoms in total. The van der Waals surface area contributed by atoms with Gasteiger partial charge in [0.15, 0.2) is 0 Å². The van der Waals surface area contributed by atoms with Gasteiger partial charge in [0.05, 0.1) is 18.3 Å². The van der Waals surface area contributed by atoms with Gasteiger partial charge in [-0.15, -0.1) is 0 Å². The number of carbonyl (C=O) groups is 2. The van der Waals surface area contributed by atoms with Crippen molar-refractivity contribution in [1.29, 1.82) is 0 Å². The molecule has 0 bridgehead atoms. The van der Waals surface area contributed by atoms with Crippen LogP contribution in [0.5, 0.6) is 0 Å². The highest BCUT2D eigenvalue weighted by Crippen LogP contribution is 2.21. The number of rotatable bonds is 5. The Morgan fingerprint density at radius 3 is 1.88 bits per heavy atom. The standard InChI is InChI=1S/C21H19N3O2/c25-20(23-15-18-13-7-8-14-22-18)21(26)24-19(16-9-3-1-4-10-16)17-11-5-2-6-12-17/h1-14,19H,15H2,(H,23,25)(H,24,26). The summed E-state index contributed by atoms with van der Waals surface area (Å²) in [7, 11) is 0. The van der Waals surface area contributed by atoms with Crippen LogP contribution in [0.3, 0.4) is 0 Å². The molecule has 0 saturated carbocycles. The van der Waals surface area contributed by atoms with Crippen molar-refractivity contribution in [2.75, 3.05) is 0 Å². The molecule has 0 atom stereocenters. The molecular formula is C21H19N3O2. The first-order valence-corrected chi connectivity index (χ1v) is 8.32. The first kappa shape index (κ1) is 17.4. The van der Waals surface area contributed by atoms with Crippen LogP contribution in [0.1, 0.15) is 22.9 Å². The number of hydrogen-bond acceptors (Lipinski definition) is 3.